The number of nitrogens with zero attached hydrogens (tertiary/aromatic N) is 3. The Kier molecular flexibility index (Phi) is 7.02. The molecule has 242 valence electrons. The fourth-order valence-electron chi connectivity index (χ4n) is 8.07. The van der Waals surface area contributed by atoms with E-state index in [-0.39, 0.29) is 0 Å². The van der Waals surface area contributed by atoms with Crippen molar-refractivity contribution >= 4 is 11.8 Å². The summed E-state index contributed by atoms with van der Waals surface area (Å²) < 4.78 is 0. The van der Waals surface area contributed by atoms with Crippen LogP contribution in [0.15, 0.2) is 186 Å². The molecule has 2 aliphatic rings. The van der Waals surface area contributed by atoms with Crippen molar-refractivity contribution in [1.29, 1.82) is 5.26 Å². The lowest BCUT2D eigenvalue weighted by molar-refractivity contribution is 0.723. The van der Waals surface area contributed by atoms with E-state index in [2.05, 4.69) is 140 Å². The maximum Gasteiger partial charge on any atom is 0.160 e. The molecule has 0 fully saturated rings. The number of rotatable bonds is 4. The quantitative estimate of drug-likeness (QED) is 0.186. The predicted octanol–water partition coefficient (Wildman–Crippen LogP) is 11.8. The Morgan fingerprint density at radius 2 is 0.942 bits per heavy atom. The molecule has 10 rings (SSSR count). The zero-order chi connectivity index (χ0) is 34.6. The lowest BCUT2D eigenvalue weighted by Gasteiger charge is -2.40. The molecule has 1 spiro atoms. The van der Waals surface area contributed by atoms with Gasteiger partial charge in [0.05, 0.1) is 28.4 Å². The van der Waals surface area contributed by atoms with Crippen molar-refractivity contribution in [3.8, 4) is 62.2 Å². The van der Waals surface area contributed by atoms with Gasteiger partial charge in [0, 0.05) is 26.5 Å². The van der Waals surface area contributed by atoms with Crippen molar-refractivity contribution in [3.63, 3.8) is 0 Å². The van der Waals surface area contributed by atoms with Crippen LogP contribution in [0.5, 0.6) is 0 Å². The lowest BCUT2D eigenvalue weighted by Crippen LogP contribution is -2.32. The summed E-state index contributed by atoms with van der Waals surface area (Å²) in [5, 5.41) is 9.72. The third-order valence-corrected chi connectivity index (χ3v) is 11.5. The van der Waals surface area contributed by atoms with Crippen molar-refractivity contribution in [2.24, 2.45) is 0 Å². The summed E-state index contributed by atoms with van der Waals surface area (Å²) in [6, 6.07) is 64.4. The first-order valence-corrected chi connectivity index (χ1v) is 18.2. The van der Waals surface area contributed by atoms with E-state index in [1.165, 1.54) is 43.2 Å². The van der Waals surface area contributed by atoms with Gasteiger partial charge in [0.25, 0.3) is 0 Å². The number of nitriles is 1. The Labute approximate surface area is 307 Å². The van der Waals surface area contributed by atoms with E-state index in [4.69, 9.17) is 9.97 Å². The van der Waals surface area contributed by atoms with Crippen LogP contribution in [0.25, 0.3) is 56.2 Å². The number of benzene rings is 7. The molecule has 4 heteroatoms. The summed E-state index contributed by atoms with van der Waals surface area (Å²) in [7, 11) is 0. The number of hydrogen-bond donors (Lipinski definition) is 0. The lowest BCUT2D eigenvalue weighted by atomic mass is 9.67. The average Bonchev–Trinajstić information content (AvgIpc) is 3.50. The van der Waals surface area contributed by atoms with Gasteiger partial charge in [-0.25, -0.2) is 9.97 Å². The summed E-state index contributed by atoms with van der Waals surface area (Å²) in [6.07, 6.45) is 0. The first-order chi connectivity index (χ1) is 25.7. The summed E-state index contributed by atoms with van der Waals surface area (Å²) in [4.78, 5) is 12.8. The monoisotopic (exact) mass is 679 g/mol. The van der Waals surface area contributed by atoms with Crippen LogP contribution in [0.2, 0.25) is 0 Å². The molecular formula is C48H29N3S. The van der Waals surface area contributed by atoms with Crippen LogP contribution in [-0.4, -0.2) is 9.97 Å². The molecule has 1 aliphatic carbocycles. The van der Waals surface area contributed by atoms with Gasteiger partial charge in [-0.2, -0.15) is 5.26 Å². The summed E-state index contributed by atoms with van der Waals surface area (Å²) in [5.41, 5.74) is 14.5. The van der Waals surface area contributed by atoms with Crippen molar-refractivity contribution in [2.75, 3.05) is 0 Å². The van der Waals surface area contributed by atoms with Crippen LogP contribution in [-0.2, 0) is 5.41 Å². The molecule has 7 aromatic carbocycles. The van der Waals surface area contributed by atoms with Crippen LogP contribution in [0.3, 0.4) is 0 Å². The summed E-state index contributed by atoms with van der Waals surface area (Å²) >= 11 is 1.84. The Hall–Kier alpha value is -6.54. The molecule has 0 radical (unpaired) electrons. The van der Waals surface area contributed by atoms with E-state index in [0.29, 0.717) is 11.4 Å². The molecule has 0 bridgehead atoms. The maximum atomic E-state index is 9.72. The number of hydrogen-bond acceptors (Lipinski definition) is 4. The van der Waals surface area contributed by atoms with Crippen molar-refractivity contribution in [3.05, 3.63) is 204 Å². The molecule has 8 aromatic rings. The maximum absolute atomic E-state index is 9.72. The van der Waals surface area contributed by atoms with Gasteiger partial charge in [-0.05, 0) is 87.0 Å². The molecular weight excluding hydrogens is 651 g/mol. The molecule has 2 heterocycles. The van der Waals surface area contributed by atoms with Crippen LogP contribution in [0.4, 0.5) is 0 Å². The second kappa shape index (κ2) is 12.1. The molecule has 3 nitrogen and oxygen atoms in total. The standard InChI is InChI=1S/C48H29N3S/c49-30-31-12-11-17-34(26-31)35-22-24-37-38-25-23-36(44-29-43(32-13-3-1-4-14-32)50-47(51-44)33-15-5-2-6-16-33)28-42(38)48(41(37)27-35)39-18-7-9-20-45(39)52-46-21-10-8-19-40(46)48/h1-29H. The van der Waals surface area contributed by atoms with Gasteiger partial charge in [-0.15, -0.1) is 0 Å². The van der Waals surface area contributed by atoms with E-state index >= 15 is 0 Å². The highest BCUT2D eigenvalue weighted by Crippen LogP contribution is 2.62. The van der Waals surface area contributed by atoms with E-state index in [9.17, 15) is 5.26 Å². The highest BCUT2D eigenvalue weighted by Gasteiger charge is 2.50. The minimum Gasteiger partial charge on any atom is -0.228 e. The van der Waals surface area contributed by atoms with Gasteiger partial charge in [-0.3, -0.25) is 0 Å². The first-order valence-electron chi connectivity index (χ1n) is 17.4. The molecule has 52 heavy (non-hydrogen) atoms. The van der Waals surface area contributed by atoms with Crippen LogP contribution >= 0.6 is 11.8 Å². The van der Waals surface area contributed by atoms with Gasteiger partial charge >= 0.3 is 0 Å². The number of fused-ring (bicyclic) bond motifs is 9. The van der Waals surface area contributed by atoms with E-state index in [1.54, 1.807) is 0 Å². The molecule has 0 saturated heterocycles. The van der Waals surface area contributed by atoms with Gasteiger partial charge in [0.15, 0.2) is 5.82 Å². The van der Waals surface area contributed by atoms with E-state index in [1.807, 2.05) is 54.2 Å². The third-order valence-electron chi connectivity index (χ3n) is 10.4. The van der Waals surface area contributed by atoms with Crippen LogP contribution < -0.4 is 0 Å². The molecule has 0 atom stereocenters. The minimum absolute atomic E-state index is 0.570. The number of aromatic nitrogens is 2. The Morgan fingerprint density at radius 1 is 0.423 bits per heavy atom. The summed E-state index contributed by atoms with van der Waals surface area (Å²) in [5.74, 6) is 0.699. The fourth-order valence-corrected chi connectivity index (χ4v) is 9.27. The van der Waals surface area contributed by atoms with Gasteiger partial charge < -0.3 is 0 Å². The first kappa shape index (κ1) is 30.3. The largest absolute Gasteiger partial charge is 0.228 e. The predicted molar refractivity (Wildman–Crippen MR) is 210 cm³/mol. The van der Waals surface area contributed by atoms with Crippen LogP contribution in [0.1, 0.15) is 27.8 Å². The van der Waals surface area contributed by atoms with Gasteiger partial charge in [-0.1, -0.05) is 145 Å². The zero-order valence-corrected chi connectivity index (χ0v) is 28.8. The Bertz CT molecular complexity index is 2630. The molecule has 0 unspecified atom stereocenters. The molecule has 0 N–H and O–H groups in total. The smallest absolute Gasteiger partial charge is 0.160 e. The van der Waals surface area contributed by atoms with E-state index in [0.717, 1.165) is 39.2 Å². The van der Waals surface area contributed by atoms with Crippen LogP contribution in [0, 0.1) is 11.3 Å². The Morgan fingerprint density at radius 3 is 1.60 bits per heavy atom. The zero-order valence-electron chi connectivity index (χ0n) is 28.0. The molecule has 1 aliphatic heterocycles. The minimum atomic E-state index is -0.570. The van der Waals surface area contributed by atoms with Crippen molar-refractivity contribution in [1.82, 2.24) is 9.97 Å². The second-order valence-electron chi connectivity index (χ2n) is 13.3. The summed E-state index contributed by atoms with van der Waals surface area (Å²) in [6.45, 7) is 0. The molecule has 0 amide bonds. The molecule has 1 aromatic heterocycles. The average molecular weight is 680 g/mol. The normalized spacial score (nSPS) is 13.1. The van der Waals surface area contributed by atoms with Gasteiger partial charge in [0.2, 0.25) is 0 Å². The van der Waals surface area contributed by atoms with Crippen molar-refractivity contribution in [2.45, 2.75) is 15.2 Å². The molecule has 0 saturated carbocycles. The van der Waals surface area contributed by atoms with E-state index < -0.39 is 5.41 Å². The third kappa shape index (κ3) is 4.67. The van der Waals surface area contributed by atoms with Crippen molar-refractivity contribution < 1.29 is 0 Å². The highest BCUT2D eigenvalue weighted by molar-refractivity contribution is 7.99. The Balaban J connectivity index is 1.25. The topological polar surface area (TPSA) is 49.6 Å². The highest BCUT2D eigenvalue weighted by atomic mass is 32.2. The van der Waals surface area contributed by atoms with Gasteiger partial charge in [0.1, 0.15) is 0 Å². The second-order valence-corrected chi connectivity index (χ2v) is 14.3. The SMILES string of the molecule is N#Cc1cccc(-c2ccc3c(c2)C2(c4ccccc4Sc4ccccc42)c2cc(-c4cc(-c5ccccc5)nc(-c5ccccc5)n4)ccc2-3)c1. The fraction of sp³-hybridized carbons (Fsp3) is 0.0208.